The number of piperidine rings is 1. The molecule has 0 radical (unpaired) electrons. The Morgan fingerprint density at radius 1 is 1.15 bits per heavy atom. The molecule has 2 amide bonds. The predicted molar refractivity (Wildman–Crippen MR) is 96.9 cm³/mol. The third kappa shape index (κ3) is 2.69. The van der Waals surface area contributed by atoms with E-state index >= 15 is 0 Å². The number of quaternary nitrogens is 2. The highest BCUT2D eigenvalue weighted by Crippen LogP contribution is 2.53. The van der Waals surface area contributed by atoms with Crippen LogP contribution in [0.15, 0.2) is 30.3 Å². The number of nitrogens with zero attached hydrogens (tertiary/aromatic N) is 2. The summed E-state index contributed by atoms with van der Waals surface area (Å²) in [5, 5.41) is 24.7. The van der Waals surface area contributed by atoms with Crippen LogP contribution in [-0.2, 0) is 6.54 Å². The van der Waals surface area contributed by atoms with Gasteiger partial charge < -0.3 is 19.8 Å². The number of carboxylic acid groups (broad SMARTS) is 2. The van der Waals surface area contributed by atoms with E-state index < -0.39 is 23.3 Å². The number of carbonyl (C=O) groups is 2. The van der Waals surface area contributed by atoms with Crippen molar-refractivity contribution in [2.24, 2.45) is 5.92 Å². The molecular formula is C21H30N2O4. The number of likely N-dealkylation sites (tertiary alicyclic amines) is 2. The van der Waals surface area contributed by atoms with Crippen molar-refractivity contribution < 1.29 is 28.8 Å². The molecule has 4 atom stereocenters. The molecule has 148 valence electrons. The minimum atomic E-state index is -1.11. The number of amides is 2. The first-order chi connectivity index (χ1) is 12.5. The first kappa shape index (κ1) is 19.8. The number of rotatable bonds is 2. The van der Waals surface area contributed by atoms with Crippen LogP contribution in [0.25, 0.3) is 0 Å². The second-order valence-corrected chi connectivity index (χ2v) is 9.45. The molecule has 3 rings (SSSR count). The summed E-state index contributed by atoms with van der Waals surface area (Å²) in [6, 6.07) is 9.54. The van der Waals surface area contributed by atoms with Crippen LogP contribution >= 0.6 is 0 Å². The summed E-state index contributed by atoms with van der Waals surface area (Å²) >= 11 is 0. The number of hydrogen-bond acceptors (Lipinski definition) is 4. The quantitative estimate of drug-likeness (QED) is 0.735. The van der Waals surface area contributed by atoms with E-state index in [1.807, 2.05) is 58.0 Å². The van der Waals surface area contributed by atoms with Crippen molar-refractivity contribution in [2.75, 3.05) is 19.6 Å². The minimum Gasteiger partial charge on any atom is -0.498 e. The smallest absolute Gasteiger partial charge is 0.258 e. The van der Waals surface area contributed by atoms with Gasteiger partial charge in [-0.2, -0.15) is 0 Å². The summed E-state index contributed by atoms with van der Waals surface area (Å²) in [6.45, 7) is 9.27. The van der Waals surface area contributed by atoms with Crippen LogP contribution in [0.3, 0.4) is 0 Å². The second-order valence-electron chi connectivity index (χ2n) is 9.45. The summed E-state index contributed by atoms with van der Waals surface area (Å²) in [5.41, 5.74) is -0.295. The SMILES string of the molecule is CC1C[N+](Cc2ccccc2)(C(=O)[O-])C12CCC[N+](C(=O)[O-])(C(C)(C)C)C2. The van der Waals surface area contributed by atoms with E-state index in [1.54, 1.807) is 0 Å². The lowest BCUT2D eigenvalue weighted by atomic mass is 9.65. The van der Waals surface area contributed by atoms with Crippen LogP contribution in [0.4, 0.5) is 9.59 Å². The van der Waals surface area contributed by atoms with Gasteiger partial charge in [0.15, 0.2) is 5.54 Å². The standard InChI is InChI=1S/C21H30N2O4/c1-16-13-23(19(26)27,14-17-9-6-5-7-10-17)21(16)11-8-12-22(15-21,18(24)25)20(2,3)4/h5-7,9-10,16H,8,11-15H2,1-4H3. The lowest BCUT2D eigenvalue weighted by Crippen LogP contribution is -2.89. The molecule has 2 aliphatic heterocycles. The first-order valence-electron chi connectivity index (χ1n) is 9.72. The van der Waals surface area contributed by atoms with Crippen LogP contribution in [0.1, 0.15) is 46.1 Å². The van der Waals surface area contributed by atoms with Crippen molar-refractivity contribution in [3.63, 3.8) is 0 Å². The van der Waals surface area contributed by atoms with Gasteiger partial charge in [0.2, 0.25) is 0 Å². The molecule has 1 aromatic rings. The lowest BCUT2D eigenvalue weighted by molar-refractivity contribution is -1.03. The van der Waals surface area contributed by atoms with Crippen molar-refractivity contribution in [1.82, 2.24) is 0 Å². The van der Waals surface area contributed by atoms with Gasteiger partial charge in [0.1, 0.15) is 13.1 Å². The molecule has 6 nitrogen and oxygen atoms in total. The maximum atomic E-state index is 12.4. The third-order valence-electron chi connectivity index (χ3n) is 7.33. The molecule has 0 N–H and O–H groups in total. The van der Waals surface area contributed by atoms with E-state index in [-0.39, 0.29) is 21.4 Å². The molecule has 27 heavy (non-hydrogen) atoms. The van der Waals surface area contributed by atoms with Crippen molar-refractivity contribution in [1.29, 1.82) is 0 Å². The average molecular weight is 374 g/mol. The Kier molecular flexibility index (Phi) is 4.64. The van der Waals surface area contributed by atoms with Gasteiger partial charge in [-0.1, -0.05) is 37.3 Å². The van der Waals surface area contributed by atoms with Crippen LogP contribution in [0, 0.1) is 5.92 Å². The van der Waals surface area contributed by atoms with E-state index in [9.17, 15) is 19.8 Å². The first-order valence-corrected chi connectivity index (χ1v) is 9.72. The third-order valence-corrected chi connectivity index (χ3v) is 7.33. The monoisotopic (exact) mass is 374 g/mol. The summed E-state index contributed by atoms with van der Waals surface area (Å²) in [6.07, 6.45) is -0.864. The minimum absolute atomic E-state index is 0.110. The van der Waals surface area contributed by atoms with Gasteiger partial charge in [-0.25, -0.2) is 0 Å². The molecule has 6 heteroatoms. The highest BCUT2D eigenvalue weighted by molar-refractivity contribution is 5.58. The Bertz CT molecular complexity index is 744. The van der Waals surface area contributed by atoms with Gasteiger partial charge in [-0.3, -0.25) is 8.97 Å². The van der Waals surface area contributed by atoms with Gasteiger partial charge >= 0.3 is 0 Å². The van der Waals surface area contributed by atoms with Crippen LogP contribution < -0.4 is 10.2 Å². The summed E-state index contributed by atoms with van der Waals surface area (Å²) in [5.74, 6) is 0.110. The van der Waals surface area contributed by atoms with Crippen molar-refractivity contribution in [3.8, 4) is 0 Å². The molecule has 1 spiro atoms. The van der Waals surface area contributed by atoms with Crippen molar-refractivity contribution >= 4 is 12.2 Å². The normalized spacial score (nSPS) is 36.2. The van der Waals surface area contributed by atoms with Gasteiger partial charge in [0.25, 0.3) is 12.2 Å². The largest absolute Gasteiger partial charge is 0.498 e. The van der Waals surface area contributed by atoms with Gasteiger partial charge in [0, 0.05) is 18.4 Å². The Labute approximate surface area is 161 Å². The lowest BCUT2D eigenvalue weighted by Gasteiger charge is -2.68. The molecular weight excluding hydrogens is 344 g/mol. The Balaban J connectivity index is 2.08. The maximum Gasteiger partial charge on any atom is 0.258 e. The Morgan fingerprint density at radius 3 is 2.26 bits per heavy atom. The van der Waals surface area contributed by atoms with Crippen molar-refractivity contribution in [3.05, 3.63) is 35.9 Å². The van der Waals surface area contributed by atoms with Gasteiger partial charge in [-0.05, 0) is 20.8 Å². The highest BCUT2D eigenvalue weighted by atomic mass is 16.4. The molecule has 0 saturated carbocycles. The molecule has 1 aromatic carbocycles. The molecule has 0 aliphatic carbocycles. The maximum absolute atomic E-state index is 12.4. The average Bonchev–Trinajstić information content (AvgIpc) is 2.60. The fraction of sp³-hybridized carbons (Fsp3) is 0.619. The van der Waals surface area contributed by atoms with Gasteiger partial charge in [-0.15, -0.1) is 0 Å². The van der Waals surface area contributed by atoms with Crippen molar-refractivity contribution in [2.45, 2.75) is 58.2 Å². The zero-order chi connectivity index (χ0) is 20.1. The summed E-state index contributed by atoms with van der Waals surface area (Å²) in [7, 11) is 0. The predicted octanol–water partition coefficient (Wildman–Crippen LogP) is 1.49. The molecule has 2 aliphatic rings. The van der Waals surface area contributed by atoms with Crippen LogP contribution in [0.2, 0.25) is 0 Å². The van der Waals surface area contributed by atoms with E-state index in [1.165, 1.54) is 0 Å². The number of benzene rings is 1. The zero-order valence-corrected chi connectivity index (χ0v) is 16.7. The fourth-order valence-corrected chi connectivity index (χ4v) is 5.60. The molecule has 2 heterocycles. The summed E-state index contributed by atoms with van der Waals surface area (Å²) in [4.78, 5) is 24.7. The Hall–Kier alpha value is -1.92. The molecule has 4 unspecified atom stereocenters. The van der Waals surface area contributed by atoms with Crippen LogP contribution in [-0.4, -0.2) is 51.9 Å². The molecule has 0 aromatic heterocycles. The summed E-state index contributed by atoms with van der Waals surface area (Å²) < 4.78 is -0.402. The van der Waals surface area contributed by atoms with E-state index in [2.05, 4.69) is 0 Å². The Morgan fingerprint density at radius 2 is 1.78 bits per heavy atom. The van der Waals surface area contributed by atoms with Gasteiger partial charge in [0.05, 0.1) is 24.5 Å². The molecule has 2 saturated heterocycles. The second kappa shape index (κ2) is 6.31. The molecule has 2 fully saturated rings. The number of hydrogen-bond donors (Lipinski definition) is 0. The van der Waals surface area contributed by atoms with E-state index in [0.29, 0.717) is 32.5 Å². The fourth-order valence-electron chi connectivity index (χ4n) is 5.60. The number of carbonyl (C=O) groups excluding carboxylic acids is 2. The van der Waals surface area contributed by atoms with E-state index in [0.717, 1.165) is 5.56 Å². The topological polar surface area (TPSA) is 80.3 Å². The zero-order valence-electron chi connectivity index (χ0n) is 16.7. The highest BCUT2D eigenvalue weighted by Gasteiger charge is 2.71. The van der Waals surface area contributed by atoms with Crippen LogP contribution in [0.5, 0.6) is 0 Å². The van der Waals surface area contributed by atoms with E-state index in [4.69, 9.17) is 0 Å². The molecule has 0 bridgehead atoms.